The molecule has 3 aromatic rings. The van der Waals surface area contributed by atoms with Crippen molar-refractivity contribution in [1.82, 2.24) is 14.5 Å². The number of hydrogen-bond donors (Lipinski definition) is 1. The number of aromatic nitrogens is 2. The molecular formula is C20H26Cl2N4OS. The summed E-state index contributed by atoms with van der Waals surface area (Å²) in [5.74, 6) is -0.0614. The number of nitrogens with two attached hydrogens (primary N) is 1. The van der Waals surface area contributed by atoms with Gasteiger partial charge in [-0.15, -0.1) is 36.2 Å². The first-order valence-corrected chi connectivity index (χ1v) is 9.43. The highest BCUT2D eigenvalue weighted by Crippen LogP contribution is 2.17. The molecule has 3 rings (SSSR count). The highest BCUT2D eigenvalue weighted by Gasteiger charge is 2.20. The molecule has 0 fully saturated rings. The Kier molecular flexibility index (Phi) is 9.69. The van der Waals surface area contributed by atoms with Crippen molar-refractivity contribution in [2.75, 3.05) is 7.05 Å². The molecule has 0 unspecified atom stereocenters. The summed E-state index contributed by atoms with van der Waals surface area (Å²) >= 11 is 1.70. The number of likely N-dealkylation sites (N-methyl/N-ethyl adjacent to an activating group) is 1. The van der Waals surface area contributed by atoms with E-state index < -0.39 is 6.04 Å². The second-order valence-corrected chi connectivity index (χ2v) is 7.91. The van der Waals surface area contributed by atoms with E-state index in [2.05, 4.69) is 36.2 Å². The predicted molar refractivity (Wildman–Crippen MR) is 119 cm³/mol. The third-order valence-electron chi connectivity index (χ3n) is 4.21. The van der Waals surface area contributed by atoms with E-state index in [0.717, 1.165) is 17.1 Å². The molecule has 5 nitrogen and oxygen atoms in total. The number of imidazole rings is 1. The van der Waals surface area contributed by atoms with Gasteiger partial charge in [0.1, 0.15) is 0 Å². The zero-order chi connectivity index (χ0) is 18.5. The van der Waals surface area contributed by atoms with Gasteiger partial charge in [0.15, 0.2) is 0 Å². The molecule has 0 radical (unpaired) electrons. The summed E-state index contributed by atoms with van der Waals surface area (Å²) in [5, 5.41) is 0. The molecule has 0 bridgehead atoms. The Morgan fingerprint density at radius 3 is 2.57 bits per heavy atom. The summed E-state index contributed by atoms with van der Waals surface area (Å²) in [4.78, 5) is 21.0. The van der Waals surface area contributed by atoms with Crippen LogP contribution in [0.2, 0.25) is 0 Å². The summed E-state index contributed by atoms with van der Waals surface area (Å²) in [7, 11) is 1.80. The van der Waals surface area contributed by atoms with Crippen LogP contribution < -0.4 is 5.73 Å². The van der Waals surface area contributed by atoms with Crippen molar-refractivity contribution in [3.05, 3.63) is 76.0 Å². The molecule has 2 aromatic heterocycles. The molecular weight excluding hydrogens is 415 g/mol. The second-order valence-electron chi connectivity index (χ2n) is 6.54. The lowest BCUT2D eigenvalue weighted by Crippen LogP contribution is -2.42. The normalized spacial score (nSPS) is 11.2. The van der Waals surface area contributed by atoms with E-state index in [9.17, 15) is 4.79 Å². The van der Waals surface area contributed by atoms with Crippen molar-refractivity contribution in [2.24, 2.45) is 5.73 Å². The number of aryl methyl sites for hydroxylation is 1. The van der Waals surface area contributed by atoms with Crippen molar-refractivity contribution in [1.29, 1.82) is 0 Å². The lowest BCUT2D eigenvalue weighted by molar-refractivity contribution is -0.131. The van der Waals surface area contributed by atoms with Crippen LogP contribution in [0, 0.1) is 6.92 Å². The molecule has 8 heteroatoms. The van der Waals surface area contributed by atoms with Gasteiger partial charge in [-0.3, -0.25) is 4.79 Å². The SMILES string of the molecule is Cc1ccc(CN(C)C(=O)[C@@H](N)Cc2cn(Cc3ccccc3)cn2)s1.Cl.Cl. The van der Waals surface area contributed by atoms with Crippen molar-refractivity contribution < 1.29 is 4.79 Å². The van der Waals surface area contributed by atoms with Gasteiger partial charge in [0.05, 0.1) is 24.6 Å². The molecule has 152 valence electrons. The largest absolute Gasteiger partial charge is 0.339 e. The molecule has 0 aliphatic heterocycles. The molecule has 0 aliphatic rings. The second kappa shape index (κ2) is 11.2. The molecule has 0 spiro atoms. The number of carbonyl (C=O) groups excluding carboxylic acids is 1. The van der Waals surface area contributed by atoms with Gasteiger partial charge in [0.2, 0.25) is 5.91 Å². The van der Waals surface area contributed by atoms with Crippen molar-refractivity contribution in [3.63, 3.8) is 0 Å². The number of nitrogens with zero attached hydrogens (tertiary/aromatic N) is 3. The molecule has 0 aliphatic carbocycles. The number of carbonyl (C=O) groups is 1. The van der Waals surface area contributed by atoms with Gasteiger partial charge in [-0.05, 0) is 24.6 Å². The van der Waals surface area contributed by atoms with E-state index in [1.165, 1.54) is 10.4 Å². The van der Waals surface area contributed by atoms with Gasteiger partial charge in [0.25, 0.3) is 0 Å². The molecule has 1 amide bonds. The number of thiophene rings is 1. The van der Waals surface area contributed by atoms with Gasteiger partial charge in [-0.2, -0.15) is 0 Å². The Labute approximate surface area is 182 Å². The van der Waals surface area contributed by atoms with Crippen LogP contribution in [0.3, 0.4) is 0 Å². The zero-order valence-electron chi connectivity index (χ0n) is 15.9. The standard InChI is InChI=1S/C20H24N4OS.2ClH/c1-15-8-9-18(26-15)13-23(2)20(25)19(21)10-17-12-24(14-22-17)11-16-6-4-3-5-7-16;;/h3-9,12,14,19H,10-11,13,21H2,1-2H3;2*1H/t19-;;/m0../s1. The molecule has 0 saturated heterocycles. The van der Waals surface area contributed by atoms with Gasteiger partial charge in [0, 0.05) is 36.0 Å². The Bertz CT molecular complexity index is 866. The molecule has 0 saturated carbocycles. The van der Waals surface area contributed by atoms with Crippen LogP contribution in [-0.4, -0.2) is 33.4 Å². The summed E-state index contributed by atoms with van der Waals surface area (Å²) in [6.07, 6.45) is 4.19. The summed E-state index contributed by atoms with van der Waals surface area (Å²) in [6.45, 7) is 3.41. The van der Waals surface area contributed by atoms with Crippen LogP contribution in [0.1, 0.15) is 21.0 Å². The van der Waals surface area contributed by atoms with E-state index in [1.54, 1.807) is 29.6 Å². The van der Waals surface area contributed by atoms with E-state index in [0.29, 0.717) is 13.0 Å². The Balaban J connectivity index is 0.00000196. The number of hydrogen-bond acceptors (Lipinski definition) is 4. The predicted octanol–water partition coefficient (Wildman–Crippen LogP) is 3.67. The summed E-state index contributed by atoms with van der Waals surface area (Å²) < 4.78 is 2.01. The Hall–Kier alpha value is -1.86. The fourth-order valence-corrected chi connectivity index (χ4v) is 3.81. The highest BCUT2D eigenvalue weighted by molar-refractivity contribution is 7.11. The lowest BCUT2D eigenvalue weighted by Gasteiger charge is -2.20. The maximum Gasteiger partial charge on any atom is 0.239 e. The number of benzene rings is 1. The maximum absolute atomic E-state index is 12.5. The maximum atomic E-state index is 12.5. The van der Waals surface area contributed by atoms with Crippen molar-refractivity contribution in [2.45, 2.75) is 32.5 Å². The minimum absolute atomic E-state index is 0. The van der Waals surface area contributed by atoms with Crippen LogP contribution in [0.15, 0.2) is 55.0 Å². The molecule has 2 heterocycles. The van der Waals surface area contributed by atoms with Crippen molar-refractivity contribution in [3.8, 4) is 0 Å². The molecule has 1 atom stereocenters. The molecule has 2 N–H and O–H groups in total. The van der Waals surface area contributed by atoms with Crippen LogP contribution in [0.4, 0.5) is 0 Å². The Morgan fingerprint density at radius 2 is 1.93 bits per heavy atom. The average molecular weight is 441 g/mol. The van der Waals surface area contributed by atoms with Crippen molar-refractivity contribution >= 4 is 42.1 Å². The van der Waals surface area contributed by atoms with Crippen LogP contribution in [0.25, 0.3) is 0 Å². The van der Waals surface area contributed by atoms with E-state index in [1.807, 2.05) is 29.0 Å². The highest BCUT2D eigenvalue weighted by atomic mass is 35.5. The Morgan fingerprint density at radius 1 is 1.21 bits per heavy atom. The van der Waals surface area contributed by atoms with Crippen LogP contribution in [0.5, 0.6) is 0 Å². The minimum Gasteiger partial charge on any atom is -0.339 e. The van der Waals surface area contributed by atoms with Crippen LogP contribution in [-0.2, 0) is 24.3 Å². The zero-order valence-corrected chi connectivity index (χ0v) is 18.4. The third kappa shape index (κ3) is 6.63. The number of halogens is 2. The summed E-state index contributed by atoms with van der Waals surface area (Å²) in [6, 6.07) is 13.7. The van der Waals surface area contributed by atoms with Gasteiger partial charge < -0.3 is 15.2 Å². The quantitative estimate of drug-likeness (QED) is 0.609. The van der Waals surface area contributed by atoms with Gasteiger partial charge in [-0.1, -0.05) is 30.3 Å². The number of rotatable bonds is 7. The van der Waals surface area contributed by atoms with Crippen LogP contribution >= 0.6 is 36.2 Å². The van der Waals surface area contributed by atoms with E-state index in [4.69, 9.17) is 5.73 Å². The average Bonchev–Trinajstić information content (AvgIpc) is 3.23. The first-order chi connectivity index (χ1) is 12.5. The third-order valence-corrected chi connectivity index (χ3v) is 5.19. The summed E-state index contributed by atoms with van der Waals surface area (Å²) in [5.41, 5.74) is 8.18. The topological polar surface area (TPSA) is 64.2 Å². The van der Waals surface area contributed by atoms with E-state index in [-0.39, 0.29) is 30.7 Å². The first kappa shape index (κ1) is 24.2. The van der Waals surface area contributed by atoms with Gasteiger partial charge >= 0.3 is 0 Å². The number of amides is 1. The smallest absolute Gasteiger partial charge is 0.239 e. The van der Waals surface area contributed by atoms with E-state index >= 15 is 0 Å². The molecule has 28 heavy (non-hydrogen) atoms. The lowest BCUT2D eigenvalue weighted by atomic mass is 10.1. The fourth-order valence-electron chi connectivity index (χ4n) is 2.87. The fraction of sp³-hybridized carbons (Fsp3) is 0.300. The molecule has 1 aromatic carbocycles. The monoisotopic (exact) mass is 440 g/mol. The van der Waals surface area contributed by atoms with Gasteiger partial charge in [-0.25, -0.2) is 4.98 Å². The minimum atomic E-state index is -0.582. The first-order valence-electron chi connectivity index (χ1n) is 8.61.